The van der Waals surface area contributed by atoms with Crippen LogP contribution in [0, 0.1) is 11.3 Å². The predicted octanol–water partition coefficient (Wildman–Crippen LogP) is 12.1. The number of hydrogen-bond acceptors (Lipinski definition) is 5. The van der Waals surface area contributed by atoms with E-state index in [-0.39, 0.29) is 0 Å². The van der Waals surface area contributed by atoms with Crippen molar-refractivity contribution in [3.8, 4) is 73.6 Å². The second-order valence-electron chi connectivity index (χ2n) is 12.4. The standard InChI is InChI=1S/C46H28N4S/c47-29-30-15-17-31(18-16-30)32-19-21-33(22-20-32)39-27-41-38-13-7-8-14-42(38)51-43(41)28-40(39)34-23-25-37(26-24-34)46-49-44(35-9-3-1-4-10-35)48-45(50-46)36-11-5-2-6-12-36/h1-28H. The second kappa shape index (κ2) is 12.9. The molecular weight excluding hydrogens is 641 g/mol. The van der Waals surface area contributed by atoms with E-state index in [1.54, 1.807) is 0 Å². The lowest BCUT2D eigenvalue weighted by Crippen LogP contribution is -2.00. The van der Waals surface area contributed by atoms with E-state index in [0.717, 1.165) is 44.5 Å². The van der Waals surface area contributed by atoms with Crippen LogP contribution in [0.1, 0.15) is 5.56 Å². The van der Waals surface area contributed by atoms with Gasteiger partial charge >= 0.3 is 0 Å². The molecule has 0 amide bonds. The van der Waals surface area contributed by atoms with Gasteiger partial charge in [0, 0.05) is 36.9 Å². The molecule has 0 spiro atoms. The van der Waals surface area contributed by atoms with E-state index in [9.17, 15) is 5.26 Å². The number of fused-ring (bicyclic) bond motifs is 3. The molecule has 0 aliphatic carbocycles. The van der Waals surface area contributed by atoms with Gasteiger partial charge in [0.05, 0.1) is 11.6 Å². The Labute approximate surface area is 299 Å². The van der Waals surface area contributed by atoms with Gasteiger partial charge in [-0.05, 0) is 63.7 Å². The average molecular weight is 669 g/mol. The molecule has 4 nitrogen and oxygen atoms in total. The summed E-state index contributed by atoms with van der Waals surface area (Å²) >= 11 is 1.83. The van der Waals surface area contributed by atoms with Crippen LogP contribution >= 0.6 is 11.3 Å². The first-order chi connectivity index (χ1) is 25.2. The Bertz CT molecular complexity index is 2650. The maximum atomic E-state index is 9.23. The van der Waals surface area contributed by atoms with Crippen LogP contribution in [0.25, 0.3) is 87.7 Å². The van der Waals surface area contributed by atoms with Gasteiger partial charge in [-0.25, -0.2) is 15.0 Å². The Morgan fingerprint density at radius 3 is 1.35 bits per heavy atom. The lowest BCUT2D eigenvalue weighted by Gasteiger charge is -2.13. The van der Waals surface area contributed by atoms with E-state index in [1.165, 1.54) is 25.7 Å². The van der Waals surface area contributed by atoms with Crippen LogP contribution in [0.2, 0.25) is 0 Å². The van der Waals surface area contributed by atoms with E-state index in [0.29, 0.717) is 23.0 Å². The normalized spacial score (nSPS) is 11.1. The molecule has 2 heterocycles. The third kappa shape index (κ3) is 5.84. The Kier molecular flexibility index (Phi) is 7.70. The largest absolute Gasteiger partial charge is 0.208 e. The Balaban J connectivity index is 1.15. The quantitative estimate of drug-likeness (QED) is 0.177. The van der Waals surface area contributed by atoms with E-state index in [1.807, 2.05) is 96.3 Å². The maximum absolute atomic E-state index is 9.23. The number of hydrogen-bond donors (Lipinski definition) is 0. The van der Waals surface area contributed by atoms with Gasteiger partial charge in [-0.15, -0.1) is 11.3 Å². The SMILES string of the molecule is N#Cc1ccc(-c2ccc(-c3cc4c(cc3-c3ccc(-c5nc(-c6ccccc6)nc(-c6ccccc6)n5)cc3)sc3ccccc34)cc2)cc1. The van der Waals surface area contributed by atoms with Gasteiger partial charge in [-0.3, -0.25) is 0 Å². The summed E-state index contributed by atoms with van der Waals surface area (Å²) in [5.41, 5.74) is 10.3. The zero-order valence-corrected chi connectivity index (χ0v) is 28.2. The smallest absolute Gasteiger partial charge is 0.164 e. The lowest BCUT2D eigenvalue weighted by atomic mass is 9.91. The summed E-state index contributed by atoms with van der Waals surface area (Å²) in [5.74, 6) is 1.92. The third-order valence-electron chi connectivity index (χ3n) is 9.21. The van der Waals surface area contributed by atoms with Crippen molar-refractivity contribution >= 4 is 31.5 Å². The summed E-state index contributed by atoms with van der Waals surface area (Å²) in [6, 6.07) is 60.6. The number of thiophene rings is 1. The van der Waals surface area contributed by atoms with Gasteiger partial charge in [0.1, 0.15) is 0 Å². The minimum Gasteiger partial charge on any atom is -0.208 e. The molecule has 0 aliphatic heterocycles. The molecule has 0 fully saturated rings. The van der Waals surface area contributed by atoms with Gasteiger partial charge < -0.3 is 0 Å². The van der Waals surface area contributed by atoms with Crippen molar-refractivity contribution in [2.24, 2.45) is 0 Å². The van der Waals surface area contributed by atoms with Crippen molar-refractivity contribution in [3.05, 3.63) is 175 Å². The predicted molar refractivity (Wildman–Crippen MR) is 210 cm³/mol. The average Bonchev–Trinajstić information content (AvgIpc) is 3.59. The molecule has 2 aromatic heterocycles. The van der Waals surface area contributed by atoms with Crippen molar-refractivity contribution in [3.63, 3.8) is 0 Å². The highest BCUT2D eigenvalue weighted by atomic mass is 32.1. The van der Waals surface area contributed by atoms with Crippen molar-refractivity contribution in [1.29, 1.82) is 5.26 Å². The van der Waals surface area contributed by atoms with Gasteiger partial charge in [-0.2, -0.15) is 5.26 Å². The Hall–Kier alpha value is -6.74. The zero-order valence-electron chi connectivity index (χ0n) is 27.4. The van der Waals surface area contributed by atoms with Gasteiger partial charge in [0.15, 0.2) is 17.5 Å². The summed E-state index contributed by atoms with van der Waals surface area (Å²) in [6.45, 7) is 0. The summed E-state index contributed by atoms with van der Waals surface area (Å²) in [5, 5.41) is 11.8. The van der Waals surface area contributed by atoms with E-state index < -0.39 is 0 Å². The molecular formula is C46H28N4S. The van der Waals surface area contributed by atoms with Gasteiger partial charge in [0.2, 0.25) is 0 Å². The topological polar surface area (TPSA) is 62.5 Å². The van der Waals surface area contributed by atoms with E-state index >= 15 is 0 Å². The highest BCUT2D eigenvalue weighted by Gasteiger charge is 2.16. The first-order valence-electron chi connectivity index (χ1n) is 16.7. The molecule has 5 heteroatoms. The van der Waals surface area contributed by atoms with Crippen LogP contribution < -0.4 is 0 Å². The number of aromatic nitrogens is 3. The highest BCUT2D eigenvalue weighted by Crippen LogP contribution is 2.42. The molecule has 9 rings (SSSR count). The number of nitrogens with zero attached hydrogens (tertiary/aromatic N) is 4. The highest BCUT2D eigenvalue weighted by molar-refractivity contribution is 7.25. The summed E-state index contributed by atoms with van der Waals surface area (Å²) in [4.78, 5) is 14.7. The first kappa shape index (κ1) is 30.3. The molecule has 9 aromatic rings. The Morgan fingerprint density at radius 1 is 0.373 bits per heavy atom. The van der Waals surface area contributed by atoms with Crippen LogP contribution in [0.4, 0.5) is 0 Å². The molecule has 0 aliphatic rings. The Morgan fingerprint density at radius 2 is 0.804 bits per heavy atom. The zero-order chi connectivity index (χ0) is 34.1. The molecule has 0 atom stereocenters. The van der Waals surface area contributed by atoms with Crippen LogP contribution in [-0.2, 0) is 0 Å². The molecule has 0 saturated heterocycles. The fourth-order valence-electron chi connectivity index (χ4n) is 6.57. The molecule has 0 N–H and O–H groups in total. The summed E-state index contributed by atoms with van der Waals surface area (Å²) in [7, 11) is 0. The number of nitriles is 1. The fourth-order valence-corrected chi connectivity index (χ4v) is 7.69. The molecule has 51 heavy (non-hydrogen) atoms. The minimum absolute atomic E-state index is 0.632. The molecule has 7 aromatic carbocycles. The molecule has 0 saturated carbocycles. The molecule has 0 bridgehead atoms. The number of benzene rings is 7. The van der Waals surface area contributed by atoms with Crippen molar-refractivity contribution in [2.45, 2.75) is 0 Å². The third-order valence-corrected chi connectivity index (χ3v) is 10.3. The number of rotatable bonds is 6. The van der Waals surface area contributed by atoms with E-state index in [4.69, 9.17) is 15.0 Å². The van der Waals surface area contributed by atoms with Crippen LogP contribution in [0.3, 0.4) is 0 Å². The van der Waals surface area contributed by atoms with Gasteiger partial charge in [0.25, 0.3) is 0 Å². The van der Waals surface area contributed by atoms with Crippen molar-refractivity contribution < 1.29 is 0 Å². The fraction of sp³-hybridized carbons (Fsp3) is 0. The van der Waals surface area contributed by atoms with Crippen molar-refractivity contribution in [1.82, 2.24) is 15.0 Å². The van der Waals surface area contributed by atoms with Crippen LogP contribution in [0.15, 0.2) is 170 Å². The summed E-state index contributed by atoms with van der Waals surface area (Å²) < 4.78 is 2.53. The summed E-state index contributed by atoms with van der Waals surface area (Å²) in [6.07, 6.45) is 0. The molecule has 0 radical (unpaired) electrons. The lowest BCUT2D eigenvalue weighted by molar-refractivity contribution is 1.07. The van der Waals surface area contributed by atoms with Crippen LogP contribution in [-0.4, -0.2) is 15.0 Å². The first-order valence-corrected chi connectivity index (χ1v) is 17.6. The van der Waals surface area contributed by atoms with Gasteiger partial charge in [-0.1, -0.05) is 140 Å². The second-order valence-corrected chi connectivity index (χ2v) is 13.5. The maximum Gasteiger partial charge on any atom is 0.164 e. The van der Waals surface area contributed by atoms with Crippen LogP contribution in [0.5, 0.6) is 0 Å². The van der Waals surface area contributed by atoms with E-state index in [2.05, 4.69) is 91.0 Å². The minimum atomic E-state index is 0.632. The molecule has 238 valence electrons. The molecule has 0 unspecified atom stereocenters. The monoisotopic (exact) mass is 668 g/mol. The van der Waals surface area contributed by atoms with Crippen molar-refractivity contribution in [2.75, 3.05) is 0 Å².